The first-order valence-corrected chi connectivity index (χ1v) is 8.79. The minimum atomic E-state index is -0.708. The smallest absolute Gasteiger partial charge is 0.344 e. The molecule has 3 aromatic carbocycles. The Balaban J connectivity index is 1.48. The van der Waals surface area contributed by atoms with E-state index >= 15 is 0 Å². The lowest BCUT2D eigenvalue weighted by molar-refractivity contribution is -0.149. The molecule has 0 atom stereocenters. The van der Waals surface area contributed by atoms with Crippen molar-refractivity contribution in [2.24, 2.45) is 0 Å². The molecule has 0 aliphatic carbocycles. The van der Waals surface area contributed by atoms with E-state index in [0.717, 1.165) is 10.8 Å². The van der Waals surface area contributed by atoms with Gasteiger partial charge in [-0.15, -0.1) is 0 Å². The van der Waals surface area contributed by atoms with Gasteiger partial charge in [-0.3, -0.25) is 9.59 Å². The molecule has 0 aliphatic heterocycles. The number of methoxy groups -OCH3 is 1. The topological polar surface area (TPSA) is 90.9 Å². The Morgan fingerprint density at radius 1 is 0.931 bits per heavy atom. The Morgan fingerprint density at radius 3 is 2.48 bits per heavy atom. The van der Waals surface area contributed by atoms with Gasteiger partial charge >= 0.3 is 5.97 Å². The Hall–Kier alpha value is -3.87. The zero-order valence-electron chi connectivity index (χ0n) is 15.7. The van der Waals surface area contributed by atoms with E-state index < -0.39 is 25.1 Å². The normalized spacial score (nSPS) is 10.2. The minimum Gasteiger partial charge on any atom is -0.493 e. The van der Waals surface area contributed by atoms with Crippen LogP contribution in [-0.2, 0) is 14.3 Å². The zero-order chi connectivity index (χ0) is 20.6. The fourth-order valence-corrected chi connectivity index (χ4v) is 2.67. The monoisotopic (exact) mass is 393 g/mol. The molecule has 148 valence electrons. The van der Waals surface area contributed by atoms with Crippen LogP contribution in [0.4, 0.5) is 5.69 Å². The van der Waals surface area contributed by atoms with Crippen molar-refractivity contribution < 1.29 is 28.6 Å². The molecule has 0 saturated carbocycles. The van der Waals surface area contributed by atoms with Gasteiger partial charge in [-0.05, 0) is 41.1 Å². The molecule has 0 fully saturated rings. The molecule has 7 heteroatoms. The lowest BCUT2D eigenvalue weighted by Gasteiger charge is -2.11. The highest BCUT2D eigenvalue weighted by atomic mass is 16.6. The van der Waals surface area contributed by atoms with Crippen LogP contribution in [0.1, 0.15) is 10.4 Å². The van der Waals surface area contributed by atoms with Gasteiger partial charge in [0, 0.05) is 11.3 Å². The maximum Gasteiger partial charge on any atom is 0.344 e. The summed E-state index contributed by atoms with van der Waals surface area (Å²) in [7, 11) is 1.42. The van der Waals surface area contributed by atoms with E-state index in [1.54, 1.807) is 6.07 Å². The summed E-state index contributed by atoms with van der Waals surface area (Å²) in [5, 5.41) is 4.74. The van der Waals surface area contributed by atoms with Gasteiger partial charge in [-0.25, -0.2) is 4.79 Å². The van der Waals surface area contributed by atoms with Gasteiger partial charge in [-0.1, -0.05) is 30.3 Å². The van der Waals surface area contributed by atoms with E-state index in [-0.39, 0.29) is 5.75 Å². The predicted octanol–water partition coefficient (Wildman–Crippen LogP) is 3.22. The lowest BCUT2D eigenvalue weighted by Crippen LogP contribution is -2.23. The molecule has 0 bridgehead atoms. The van der Waals surface area contributed by atoms with Crippen molar-refractivity contribution in [3.05, 3.63) is 66.2 Å². The number of carbonyl (C=O) groups is 3. The number of fused-ring (bicyclic) bond motifs is 1. The first-order valence-electron chi connectivity index (χ1n) is 8.79. The number of ether oxygens (including phenoxy) is 3. The van der Waals surface area contributed by atoms with Gasteiger partial charge in [-0.2, -0.15) is 0 Å². The van der Waals surface area contributed by atoms with Gasteiger partial charge in [0.2, 0.25) is 0 Å². The van der Waals surface area contributed by atoms with Crippen molar-refractivity contribution >= 4 is 34.6 Å². The van der Waals surface area contributed by atoms with Gasteiger partial charge in [0.1, 0.15) is 6.29 Å². The number of benzene rings is 3. The molecule has 3 aromatic rings. The molecule has 0 spiro atoms. The molecule has 0 heterocycles. The number of rotatable bonds is 8. The highest BCUT2D eigenvalue weighted by Gasteiger charge is 2.12. The number of hydrogen-bond donors (Lipinski definition) is 1. The van der Waals surface area contributed by atoms with E-state index in [0.29, 0.717) is 23.3 Å². The van der Waals surface area contributed by atoms with Crippen molar-refractivity contribution in [3.63, 3.8) is 0 Å². The Morgan fingerprint density at radius 2 is 1.72 bits per heavy atom. The summed E-state index contributed by atoms with van der Waals surface area (Å²) in [6.07, 6.45) is 0.675. The van der Waals surface area contributed by atoms with Crippen molar-refractivity contribution in [1.29, 1.82) is 0 Å². The fourth-order valence-electron chi connectivity index (χ4n) is 2.67. The molecule has 3 rings (SSSR count). The van der Waals surface area contributed by atoms with Crippen molar-refractivity contribution in [1.82, 2.24) is 0 Å². The van der Waals surface area contributed by atoms with Gasteiger partial charge < -0.3 is 19.5 Å². The summed E-state index contributed by atoms with van der Waals surface area (Å²) >= 11 is 0. The molecule has 0 aromatic heterocycles. The molecule has 1 amide bonds. The molecule has 1 N–H and O–H groups in total. The average molecular weight is 393 g/mol. The van der Waals surface area contributed by atoms with Crippen LogP contribution in [0, 0.1) is 0 Å². The van der Waals surface area contributed by atoms with Crippen molar-refractivity contribution in [2.75, 3.05) is 25.6 Å². The van der Waals surface area contributed by atoms with Crippen LogP contribution < -0.4 is 14.8 Å². The quantitative estimate of drug-likeness (QED) is 0.467. The standard InChI is InChI=1S/C22H19NO6/c1-27-20-10-15(12-24)6-9-19(20)28-14-22(26)29-13-21(25)23-18-8-7-16-4-2-3-5-17(16)11-18/h2-12H,13-14H2,1H3,(H,23,25). The lowest BCUT2D eigenvalue weighted by atomic mass is 10.1. The summed E-state index contributed by atoms with van der Waals surface area (Å²) in [6.45, 7) is -0.837. The van der Waals surface area contributed by atoms with Crippen LogP contribution in [-0.4, -0.2) is 38.5 Å². The minimum absolute atomic E-state index is 0.288. The second kappa shape index (κ2) is 9.36. The van der Waals surface area contributed by atoms with Crippen LogP contribution in [0.3, 0.4) is 0 Å². The van der Waals surface area contributed by atoms with Crippen LogP contribution in [0.15, 0.2) is 60.7 Å². The van der Waals surface area contributed by atoms with E-state index in [4.69, 9.17) is 14.2 Å². The maximum absolute atomic E-state index is 12.0. The van der Waals surface area contributed by atoms with Crippen LogP contribution in [0.2, 0.25) is 0 Å². The number of amides is 1. The number of anilines is 1. The van der Waals surface area contributed by atoms with Gasteiger partial charge in [0.05, 0.1) is 7.11 Å². The van der Waals surface area contributed by atoms with Gasteiger partial charge in [0.25, 0.3) is 5.91 Å². The number of hydrogen-bond acceptors (Lipinski definition) is 6. The van der Waals surface area contributed by atoms with Crippen LogP contribution in [0.5, 0.6) is 11.5 Å². The highest BCUT2D eigenvalue weighted by Crippen LogP contribution is 2.27. The third kappa shape index (κ3) is 5.32. The summed E-state index contributed by atoms with van der Waals surface area (Å²) < 4.78 is 15.4. The Labute approximate surface area is 167 Å². The van der Waals surface area contributed by atoms with Crippen molar-refractivity contribution in [3.8, 4) is 11.5 Å². The van der Waals surface area contributed by atoms with Crippen LogP contribution >= 0.6 is 0 Å². The van der Waals surface area contributed by atoms with Crippen molar-refractivity contribution in [2.45, 2.75) is 0 Å². The van der Waals surface area contributed by atoms with E-state index in [1.807, 2.05) is 36.4 Å². The molecule has 0 aliphatic rings. The molecule has 0 saturated heterocycles. The maximum atomic E-state index is 12.0. The summed E-state index contributed by atoms with van der Waals surface area (Å²) in [5.41, 5.74) is 1.03. The fraction of sp³-hybridized carbons (Fsp3) is 0.136. The van der Waals surface area contributed by atoms with Gasteiger partial charge in [0.15, 0.2) is 24.7 Å². The summed E-state index contributed by atoms with van der Waals surface area (Å²) in [5.74, 6) is -0.561. The molecule has 7 nitrogen and oxygen atoms in total. The predicted molar refractivity (Wildman–Crippen MR) is 107 cm³/mol. The first-order chi connectivity index (χ1) is 14.1. The summed E-state index contributed by atoms with van der Waals surface area (Å²) in [4.78, 5) is 34.7. The highest BCUT2D eigenvalue weighted by molar-refractivity contribution is 5.95. The van der Waals surface area contributed by atoms with Crippen LogP contribution in [0.25, 0.3) is 10.8 Å². The first kappa shape index (κ1) is 19.9. The zero-order valence-corrected chi connectivity index (χ0v) is 15.7. The molecule has 0 radical (unpaired) electrons. The summed E-state index contributed by atoms with van der Waals surface area (Å²) in [6, 6.07) is 17.8. The Kier molecular flexibility index (Phi) is 6.42. The second-order valence-corrected chi connectivity index (χ2v) is 6.09. The third-order valence-corrected chi connectivity index (χ3v) is 4.07. The SMILES string of the molecule is COc1cc(C=O)ccc1OCC(=O)OCC(=O)Nc1ccc2ccccc2c1. The average Bonchev–Trinajstić information content (AvgIpc) is 2.76. The molecular weight excluding hydrogens is 374 g/mol. The largest absolute Gasteiger partial charge is 0.493 e. The molecule has 29 heavy (non-hydrogen) atoms. The number of aldehydes is 1. The Bertz CT molecular complexity index is 1050. The molecular formula is C22H19NO6. The van der Waals surface area contributed by atoms with E-state index in [9.17, 15) is 14.4 Å². The second-order valence-electron chi connectivity index (χ2n) is 6.09. The number of esters is 1. The number of nitrogens with one attached hydrogen (secondary N) is 1. The number of carbonyl (C=O) groups excluding carboxylic acids is 3. The van der Waals surface area contributed by atoms with E-state index in [2.05, 4.69) is 5.32 Å². The third-order valence-electron chi connectivity index (χ3n) is 4.07. The molecule has 0 unspecified atom stereocenters. The van der Waals surface area contributed by atoms with E-state index in [1.165, 1.54) is 25.3 Å².